The maximum absolute atomic E-state index is 12.8. The molecule has 1 aliphatic heterocycles. The minimum absolute atomic E-state index is 0.102. The van der Waals surface area contributed by atoms with Gasteiger partial charge in [0, 0.05) is 29.4 Å². The smallest absolute Gasteiger partial charge is 0.255 e. The molecule has 2 amide bonds. The van der Waals surface area contributed by atoms with Crippen molar-refractivity contribution in [2.45, 2.75) is 46.0 Å². The minimum Gasteiger partial charge on any atom is -0.322 e. The topological polar surface area (TPSA) is 49.4 Å². The molecule has 2 aliphatic rings. The van der Waals surface area contributed by atoms with E-state index in [1.807, 2.05) is 55.1 Å². The monoisotopic (exact) mass is 362 g/mol. The first-order valence-electron chi connectivity index (χ1n) is 9.86. The second-order valence-corrected chi connectivity index (χ2v) is 7.82. The third kappa shape index (κ3) is 3.48. The first-order chi connectivity index (χ1) is 13.0. The van der Waals surface area contributed by atoms with E-state index in [9.17, 15) is 9.59 Å². The normalized spacial score (nSPS) is 16.4. The Morgan fingerprint density at radius 2 is 1.78 bits per heavy atom. The van der Waals surface area contributed by atoms with E-state index in [0.29, 0.717) is 5.56 Å². The molecule has 2 aromatic carbocycles. The van der Waals surface area contributed by atoms with Gasteiger partial charge in [0.05, 0.1) is 0 Å². The number of anilines is 2. The third-order valence-corrected chi connectivity index (χ3v) is 5.97. The fourth-order valence-corrected chi connectivity index (χ4v) is 4.19. The van der Waals surface area contributed by atoms with Gasteiger partial charge in [0.25, 0.3) is 5.91 Å². The lowest BCUT2D eigenvalue weighted by molar-refractivity contribution is -0.122. The summed E-state index contributed by atoms with van der Waals surface area (Å²) in [6.45, 7) is 4.80. The summed E-state index contributed by atoms with van der Waals surface area (Å²) in [5, 5.41) is 2.99. The Bertz CT molecular complexity index is 897. The lowest BCUT2D eigenvalue weighted by atomic mass is 10.1. The van der Waals surface area contributed by atoms with Crippen molar-refractivity contribution < 1.29 is 9.59 Å². The summed E-state index contributed by atoms with van der Waals surface area (Å²) in [5.41, 5.74) is 5.88. The molecule has 0 bridgehead atoms. The summed E-state index contributed by atoms with van der Waals surface area (Å²) in [6, 6.07) is 11.6. The molecular weight excluding hydrogens is 336 g/mol. The molecule has 0 saturated heterocycles. The van der Waals surface area contributed by atoms with Crippen LogP contribution in [0.2, 0.25) is 0 Å². The molecule has 1 fully saturated rings. The Kier molecular flexibility index (Phi) is 4.73. The predicted octanol–water partition coefficient (Wildman–Crippen LogP) is 4.64. The van der Waals surface area contributed by atoms with Gasteiger partial charge in [-0.1, -0.05) is 18.9 Å². The highest BCUT2D eigenvalue weighted by molar-refractivity contribution is 6.05. The number of benzene rings is 2. The van der Waals surface area contributed by atoms with Gasteiger partial charge in [0.15, 0.2) is 0 Å². The zero-order valence-corrected chi connectivity index (χ0v) is 16.0. The molecule has 0 aromatic heterocycles. The molecule has 4 rings (SSSR count). The largest absolute Gasteiger partial charge is 0.322 e. The van der Waals surface area contributed by atoms with Crippen LogP contribution in [0, 0.1) is 19.8 Å². The van der Waals surface area contributed by atoms with Crippen molar-refractivity contribution in [2.75, 3.05) is 16.8 Å². The van der Waals surface area contributed by atoms with Gasteiger partial charge in [0.1, 0.15) is 0 Å². The summed E-state index contributed by atoms with van der Waals surface area (Å²) in [6.07, 6.45) is 5.23. The van der Waals surface area contributed by atoms with Crippen LogP contribution < -0.4 is 10.2 Å². The van der Waals surface area contributed by atoms with E-state index in [2.05, 4.69) is 5.32 Å². The Morgan fingerprint density at radius 1 is 1.00 bits per heavy atom. The average Bonchev–Trinajstić information content (AvgIpc) is 3.33. The maximum Gasteiger partial charge on any atom is 0.255 e. The molecule has 4 nitrogen and oxygen atoms in total. The summed E-state index contributed by atoms with van der Waals surface area (Å²) in [4.78, 5) is 27.3. The number of hydrogen-bond acceptors (Lipinski definition) is 2. The fourth-order valence-electron chi connectivity index (χ4n) is 4.19. The van der Waals surface area contributed by atoms with E-state index in [0.717, 1.165) is 48.3 Å². The van der Waals surface area contributed by atoms with Crippen LogP contribution in [0.1, 0.15) is 52.7 Å². The highest BCUT2D eigenvalue weighted by Crippen LogP contribution is 2.35. The van der Waals surface area contributed by atoms with Gasteiger partial charge in [-0.3, -0.25) is 9.59 Å². The second-order valence-electron chi connectivity index (χ2n) is 7.82. The van der Waals surface area contributed by atoms with Gasteiger partial charge in [0.2, 0.25) is 5.91 Å². The van der Waals surface area contributed by atoms with Gasteiger partial charge in [-0.2, -0.15) is 0 Å². The number of hydrogen-bond donors (Lipinski definition) is 1. The lowest BCUT2D eigenvalue weighted by Crippen LogP contribution is -2.33. The van der Waals surface area contributed by atoms with Gasteiger partial charge in [-0.15, -0.1) is 0 Å². The average molecular weight is 362 g/mol. The molecule has 0 unspecified atom stereocenters. The van der Waals surface area contributed by atoms with Crippen molar-refractivity contribution in [1.29, 1.82) is 0 Å². The van der Waals surface area contributed by atoms with Crippen molar-refractivity contribution >= 4 is 23.2 Å². The lowest BCUT2D eigenvalue weighted by Gasteiger charge is -2.21. The van der Waals surface area contributed by atoms with E-state index >= 15 is 0 Å². The third-order valence-electron chi connectivity index (χ3n) is 5.97. The highest BCUT2D eigenvalue weighted by atomic mass is 16.2. The number of rotatable bonds is 3. The molecular formula is C23H26N2O2. The van der Waals surface area contributed by atoms with Gasteiger partial charge < -0.3 is 10.2 Å². The van der Waals surface area contributed by atoms with E-state index < -0.39 is 0 Å². The van der Waals surface area contributed by atoms with Crippen LogP contribution in [0.3, 0.4) is 0 Å². The van der Waals surface area contributed by atoms with Crippen molar-refractivity contribution in [2.24, 2.45) is 5.92 Å². The first-order valence-corrected chi connectivity index (χ1v) is 9.86. The predicted molar refractivity (Wildman–Crippen MR) is 108 cm³/mol. The molecule has 1 N–H and O–H groups in total. The maximum atomic E-state index is 12.8. The zero-order chi connectivity index (χ0) is 19.0. The summed E-state index contributed by atoms with van der Waals surface area (Å²) in [5.74, 6) is 0.369. The summed E-state index contributed by atoms with van der Waals surface area (Å²) < 4.78 is 0. The van der Waals surface area contributed by atoms with Gasteiger partial charge in [-0.05, 0) is 80.1 Å². The molecule has 140 valence electrons. The number of aryl methyl sites for hydroxylation is 2. The van der Waals surface area contributed by atoms with E-state index in [4.69, 9.17) is 0 Å². The van der Waals surface area contributed by atoms with Crippen LogP contribution in [0.25, 0.3) is 0 Å². The molecule has 0 spiro atoms. The van der Waals surface area contributed by atoms with Crippen LogP contribution in [0.5, 0.6) is 0 Å². The standard InChI is InChI=1S/C23H26N2O2/c1-15-7-8-19(13-16(15)2)22(26)24-20-9-10-21-18(14-20)11-12-25(21)23(27)17-5-3-4-6-17/h7-10,13-14,17H,3-6,11-12H2,1-2H3,(H,24,26). The summed E-state index contributed by atoms with van der Waals surface area (Å²) >= 11 is 0. The molecule has 1 aliphatic carbocycles. The van der Waals surface area contributed by atoms with Crippen molar-refractivity contribution in [3.63, 3.8) is 0 Å². The zero-order valence-electron chi connectivity index (χ0n) is 16.0. The fraction of sp³-hybridized carbons (Fsp3) is 0.391. The number of fused-ring (bicyclic) bond motifs is 1. The number of carbonyl (C=O) groups excluding carboxylic acids is 2. The van der Waals surface area contributed by atoms with Crippen molar-refractivity contribution in [1.82, 2.24) is 0 Å². The van der Waals surface area contributed by atoms with Gasteiger partial charge in [-0.25, -0.2) is 0 Å². The van der Waals surface area contributed by atoms with Crippen molar-refractivity contribution in [3.05, 3.63) is 58.7 Å². The molecule has 1 heterocycles. The molecule has 0 atom stereocenters. The van der Waals surface area contributed by atoms with E-state index in [-0.39, 0.29) is 17.7 Å². The number of nitrogens with zero attached hydrogens (tertiary/aromatic N) is 1. The molecule has 27 heavy (non-hydrogen) atoms. The Labute approximate surface area is 160 Å². The number of nitrogens with one attached hydrogen (secondary N) is 1. The van der Waals surface area contributed by atoms with E-state index in [1.165, 1.54) is 18.4 Å². The molecule has 4 heteroatoms. The first kappa shape index (κ1) is 17.8. The second kappa shape index (κ2) is 7.18. The minimum atomic E-state index is -0.102. The van der Waals surface area contributed by atoms with Crippen LogP contribution in [-0.2, 0) is 11.2 Å². The summed E-state index contributed by atoms with van der Waals surface area (Å²) in [7, 11) is 0. The Hall–Kier alpha value is -2.62. The van der Waals surface area contributed by atoms with Crippen LogP contribution in [0.4, 0.5) is 11.4 Å². The quantitative estimate of drug-likeness (QED) is 0.865. The molecule has 2 aromatic rings. The Morgan fingerprint density at radius 3 is 2.52 bits per heavy atom. The van der Waals surface area contributed by atoms with Gasteiger partial charge >= 0.3 is 0 Å². The van der Waals surface area contributed by atoms with Crippen LogP contribution in [-0.4, -0.2) is 18.4 Å². The number of carbonyl (C=O) groups is 2. The molecule has 1 saturated carbocycles. The van der Waals surface area contributed by atoms with Crippen LogP contribution >= 0.6 is 0 Å². The van der Waals surface area contributed by atoms with Crippen LogP contribution in [0.15, 0.2) is 36.4 Å². The SMILES string of the molecule is Cc1ccc(C(=O)Nc2ccc3c(c2)CCN3C(=O)C2CCCC2)cc1C. The highest BCUT2D eigenvalue weighted by Gasteiger charge is 2.31. The molecule has 0 radical (unpaired) electrons. The number of amides is 2. The Balaban J connectivity index is 1.49. The van der Waals surface area contributed by atoms with Crippen molar-refractivity contribution in [3.8, 4) is 0 Å². The van der Waals surface area contributed by atoms with E-state index in [1.54, 1.807) is 0 Å².